The molecule has 0 spiro atoms. The zero-order valence-electron chi connectivity index (χ0n) is 11.7. The van der Waals surface area contributed by atoms with Crippen LogP contribution in [0, 0.1) is 0 Å². The first-order valence-electron chi connectivity index (χ1n) is 6.45. The molecule has 8 heteroatoms. The Balaban J connectivity index is 2.17. The van der Waals surface area contributed by atoms with E-state index in [1.165, 1.54) is 6.07 Å². The largest absolute Gasteiger partial charge is 0.371 e. The number of nitrogens with one attached hydrogen (secondary N) is 1. The molecule has 114 valence electrons. The molecule has 0 radical (unpaired) electrons. The van der Waals surface area contributed by atoms with Gasteiger partial charge in [-0.1, -0.05) is 11.6 Å². The Hall–Kier alpha value is -1.31. The number of anilines is 2. The Morgan fingerprint density at radius 2 is 1.95 bits per heavy atom. The van der Waals surface area contributed by atoms with E-state index in [4.69, 9.17) is 11.6 Å². The number of hydrogen-bond acceptors (Lipinski definition) is 5. The van der Waals surface area contributed by atoms with Gasteiger partial charge in [-0.05, 0) is 38.1 Å². The third kappa shape index (κ3) is 3.87. The van der Waals surface area contributed by atoms with E-state index in [1.807, 2.05) is 6.07 Å². The van der Waals surface area contributed by atoms with Gasteiger partial charge in [0.25, 0.3) is 10.0 Å². The molecule has 2 rings (SSSR count). The van der Waals surface area contributed by atoms with Gasteiger partial charge in [-0.25, -0.2) is 13.4 Å². The summed E-state index contributed by atoms with van der Waals surface area (Å²) in [6.07, 6.45) is 1.66. The molecule has 21 heavy (non-hydrogen) atoms. The SMILES string of the molecule is CCN(CC)c1ccc(NS(=O)(=O)c2ccc(Cl)s2)nc1. The van der Waals surface area contributed by atoms with Gasteiger partial charge in [0, 0.05) is 13.1 Å². The summed E-state index contributed by atoms with van der Waals surface area (Å²) in [6.45, 7) is 5.86. The summed E-state index contributed by atoms with van der Waals surface area (Å²) in [5, 5.41) is 0. The molecule has 2 heterocycles. The first kappa shape index (κ1) is 16.1. The van der Waals surface area contributed by atoms with Crippen LogP contribution in [0.3, 0.4) is 0 Å². The molecule has 0 aliphatic carbocycles. The highest BCUT2D eigenvalue weighted by Gasteiger charge is 2.17. The van der Waals surface area contributed by atoms with Gasteiger partial charge < -0.3 is 4.90 Å². The fraction of sp³-hybridized carbons (Fsp3) is 0.308. The van der Waals surface area contributed by atoms with Crippen LogP contribution in [0.25, 0.3) is 0 Å². The number of aromatic nitrogens is 1. The predicted octanol–water partition coefficient (Wildman–Crippen LogP) is 3.44. The van der Waals surface area contributed by atoms with E-state index >= 15 is 0 Å². The Morgan fingerprint density at radius 1 is 1.24 bits per heavy atom. The first-order chi connectivity index (χ1) is 9.96. The highest BCUT2D eigenvalue weighted by atomic mass is 35.5. The lowest BCUT2D eigenvalue weighted by Gasteiger charge is -2.20. The minimum atomic E-state index is -3.63. The minimum absolute atomic E-state index is 0.169. The summed E-state index contributed by atoms with van der Waals surface area (Å²) in [4.78, 5) is 6.28. The molecule has 0 unspecified atom stereocenters. The van der Waals surface area contributed by atoms with Crippen LogP contribution in [-0.4, -0.2) is 26.5 Å². The van der Waals surface area contributed by atoms with Crippen molar-refractivity contribution in [2.75, 3.05) is 22.7 Å². The molecule has 0 aliphatic rings. The van der Waals surface area contributed by atoms with E-state index in [9.17, 15) is 8.42 Å². The maximum atomic E-state index is 12.1. The second kappa shape index (κ2) is 6.64. The highest BCUT2D eigenvalue weighted by molar-refractivity contribution is 7.94. The molecule has 2 aromatic heterocycles. The second-order valence-electron chi connectivity index (χ2n) is 4.24. The molecule has 5 nitrogen and oxygen atoms in total. The number of sulfonamides is 1. The third-order valence-electron chi connectivity index (χ3n) is 2.93. The zero-order chi connectivity index (χ0) is 15.5. The van der Waals surface area contributed by atoms with Crippen molar-refractivity contribution in [3.63, 3.8) is 0 Å². The van der Waals surface area contributed by atoms with E-state index < -0.39 is 10.0 Å². The second-order valence-corrected chi connectivity index (χ2v) is 7.86. The van der Waals surface area contributed by atoms with Gasteiger partial charge in [-0.3, -0.25) is 4.72 Å². The van der Waals surface area contributed by atoms with Gasteiger partial charge in [-0.15, -0.1) is 11.3 Å². The van der Waals surface area contributed by atoms with Crippen molar-refractivity contribution in [2.24, 2.45) is 0 Å². The maximum absolute atomic E-state index is 12.1. The monoisotopic (exact) mass is 345 g/mol. The van der Waals surface area contributed by atoms with Crippen molar-refractivity contribution in [1.29, 1.82) is 0 Å². The summed E-state index contributed by atoms with van der Waals surface area (Å²) < 4.78 is 27.3. The summed E-state index contributed by atoms with van der Waals surface area (Å²) in [7, 11) is -3.63. The van der Waals surface area contributed by atoms with Crippen LogP contribution in [0.4, 0.5) is 11.5 Å². The van der Waals surface area contributed by atoms with Crippen LogP contribution in [0.1, 0.15) is 13.8 Å². The van der Waals surface area contributed by atoms with Gasteiger partial charge in [0.1, 0.15) is 10.0 Å². The number of nitrogens with zero attached hydrogens (tertiary/aromatic N) is 2. The van der Waals surface area contributed by atoms with Crippen molar-refractivity contribution >= 4 is 44.5 Å². The van der Waals surface area contributed by atoms with Gasteiger partial charge >= 0.3 is 0 Å². The number of pyridine rings is 1. The van der Waals surface area contributed by atoms with Gasteiger partial charge in [-0.2, -0.15) is 0 Å². The summed E-state index contributed by atoms with van der Waals surface area (Å²) >= 11 is 6.77. The molecule has 1 N–H and O–H groups in total. The van der Waals surface area contributed by atoms with Gasteiger partial charge in [0.15, 0.2) is 0 Å². The molecule has 0 saturated carbocycles. The van der Waals surface area contributed by atoms with Crippen LogP contribution in [0.5, 0.6) is 0 Å². The fourth-order valence-corrected chi connectivity index (χ4v) is 4.34. The summed E-state index contributed by atoms with van der Waals surface area (Å²) in [5.41, 5.74) is 0.960. The fourth-order valence-electron chi connectivity index (χ4n) is 1.85. The molecule has 0 atom stereocenters. The maximum Gasteiger partial charge on any atom is 0.272 e. The summed E-state index contributed by atoms with van der Waals surface area (Å²) in [5.74, 6) is 0.287. The van der Waals surface area contributed by atoms with Crippen LogP contribution >= 0.6 is 22.9 Å². The van der Waals surface area contributed by atoms with E-state index in [0.717, 1.165) is 30.1 Å². The molecule has 0 fully saturated rings. The molecule has 0 aliphatic heterocycles. The quantitative estimate of drug-likeness (QED) is 0.871. The lowest BCUT2D eigenvalue weighted by molar-refractivity contribution is 0.603. The zero-order valence-corrected chi connectivity index (χ0v) is 14.1. The van der Waals surface area contributed by atoms with E-state index in [-0.39, 0.29) is 10.0 Å². The van der Waals surface area contributed by atoms with Crippen LogP contribution < -0.4 is 9.62 Å². The van der Waals surface area contributed by atoms with Gasteiger partial charge in [0.2, 0.25) is 0 Å². The lowest BCUT2D eigenvalue weighted by atomic mass is 10.3. The van der Waals surface area contributed by atoms with E-state index in [2.05, 4.69) is 28.5 Å². The minimum Gasteiger partial charge on any atom is -0.371 e. The van der Waals surface area contributed by atoms with Crippen molar-refractivity contribution in [2.45, 2.75) is 18.1 Å². The molecular formula is C13H16ClN3O2S2. The van der Waals surface area contributed by atoms with Gasteiger partial charge in [0.05, 0.1) is 16.2 Å². The van der Waals surface area contributed by atoms with Crippen LogP contribution in [0.15, 0.2) is 34.7 Å². The van der Waals surface area contributed by atoms with Crippen LogP contribution in [-0.2, 0) is 10.0 Å². The topological polar surface area (TPSA) is 62.3 Å². The Bertz CT molecular complexity index is 694. The Morgan fingerprint density at radius 3 is 2.43 bits per heavy atom. The smallest absolute Gasteiger partial charge is 0.272 e. The summed E-state index contributed by atoms with van der Waals surface area (Å²) in [6, 6.07) is 6.52. The molecule has 0 bridgehead atoms. The molecular weight excluding hydrogens is 330 g/mol. The van der Waals surface area contributed by atoms with E-state index in [1.54, 1.807) is 18.3 Å². The normalized spacial score (nSPS) is 11.4. The number of rotatable bonds is 6. The first-order valence-corrected chi connectivity index (χ1v) is 9.13. The third-order valence-corrected chi connectivity index (χ3v) is 6.01. The molecule has 0 amide bonds. The average Bonchev–Trinajstić information content (AvgIpc) is 2.89. The van der Waals surface area contributed by atoms with Crippen molar-refractivity contribution in [1.82, 2.24) is 4.98 Å². The lowest BCUT2D eigenvalue weighted by Crippen LogP contribution is -2.22. The Labute approximate surface area is 133 Å². The van der Waals surface area contributed by atoms with Crippen molar-refractivity contribution in [3.05, 3.63) is 34.8 Å². The number of thiophene rings is 1. The number of halogens is 1. The van der Waals surface area contributed by atoms with Crippen molar-refractivity contribution < 1.29 is 8.42 Å². The Kier molecular flexibility index (Phi) is 5.08. The van der Waals surface area contributed by atoms with Crippen LogP contribution in [0.2, 0.25) is 4.34 Å². The predicted molar refractivity (Wildman–Crippen MR) is 87.9 cm³/mol. The average molecular weight is 346 g/mol. The molecule has 0 aromatic carbocycles. The molecule has 0 saturated heterocycles. The van der Waals surface area contributed by atoms with E-state index in [0.29, 0.717) is 4.34 Å². The number of hydrogen-bond donors (Lipinski definition) is 1. The standard InChI is InChI=1S/C13H16ClN3O2S2/c1-3-17(4-2)10-5-7-12(15-9-10)16-21(18,19)13-8-6-11(14)20-13/h5-9H,3-4H2,1-2H3,(H,15,16). The molecule has 2 aromatic rings. The van der Waals surface area contributed by atoms with Crippen molar-refractivity contribution in [3.8, 4) is 0 Å². The highest BCUT2D eigenvalue weighted by Crippen LogP contribution is 2.27.